The number of aryl methyl sites for hydroxylation is 2. The van der Waals surface area contributed by atoms with E-state index in [-0.39, 0.29) is 0 Å². The fourth-order valence-corrected chi connectivity index (χ4v) is 1.11. The Balaban J connectivity index is 1.81. The van der Waals surface area contributed by atoms with Crippen LogP contribution in [0, 0.1) is 0 Å². The maximum Gasteiger partial charge on any atom is 0.240 e. The first kappa shape index (κ1) is 8.60. The van der Waals surface area contributed by atoms with Gasteiger partial charge in [0.15, 0.2) is 0 Å². The summed E-state index contributed by atoms with van der Waals surface area (Å²) in [7, 11) is 0. The molecule has 0 bridgehead atoms. The van der Waals surface area contributed by atoms with E-state index in [9.17, 15) is 0 Å². The molecule has 2 heterocycles. The molecule has 14 heavy (non-hydrogen) atoms. The molecule has 2 rings (SSSR count). The van der Waals surface area contributed by atoms with Crippen LogP contribution < -0.4 is 5.73 Å². The van der Waals surface area contributed by atoms with E-state index in [0.717, 1.165) is 13.0 Å². The van der Waals surface area contributed by atoms with Crippen molar-refractivity contribution in [2.75, 3.05) is 5.73 Å². The molecule has 0 fully saturated rings. The number of nitrogen functional groups attached to an aromatic ring is 1. The van der Waals surface area contributed by atoms with Gasteiger partial charge >= 0.3 is 0 Å². The normalized spacial score (nSPS) is 10.6. The van der Waals surface area contributed by atoms with E-state index in [1.165, 1.54) is 0 Å². The molecule has 8 nitrogen and oxygen atoms in total. The topological polar surface area (TPSA) is 100 Å². The Labute approximate surface area is 79.7 Å². The SMILES string of the molecule is Nc1nnnn1CCCn1ccnn1. The standard InChI is InChI=1S/C6H10N8/c7-6-9-10-12-14(6)4-1-3-13-5-2-8-11-13/h2,5H,1,3-4H2,(H2,7,9,12). The molecule has 2 N–H and O–H groups in total. The smallest absolute Gasteiger partial charge is 0.240 e. The van der Waals surface area contributed by atoms with Crippen molar-refractivity contribution in [1.82, 2.24) is 35.2 Å². The summed E-state index contributed by atoms with van der Waals surface area (Å²) in [6.45, 7) is 1.46. The first-order valence-electron chi connectivity index (χ1n) is 4.22. The average Bonchev–Trinajstić information content (AvgIpc) is 2.78. The molecule has 0 amide bonds. The number of hydrogen-bond donors (Lipinski definition) is 1. The first-order valence-corrected chi connectivity index (χ1v) is 4.22. The van der Waals surface area contributed by atoms with Crippen LogP contribution in [-0.4, -0.2) is 35.2 Å². The third kappa shape index (κ3) is 1.84. The van der Waals surface area contributed by atoms with Crippen molar-refractivity contribution < 1.29 is 0 Å². The van der Waals surface area contributed by atoms with Gasteiger partial charge in [0.05, 0.1) is 6.20 Å². The fourth-order valence-electron chi connectivity index (χ4n) is 1.11. The maximum atomic E-state index is 5.49. The van der Waals surface area contributed by atoms with Crippen LogP contribution in [0.5, 0.6) is 0 Å². The molecular weight excluding hydrogens is 184 g/mol. The molecule has 0 unspecified atom stereocenters. The Bertz CT molecular complexity index is 376. The number of nitrogens with zero attached hydrogens (tertiary/aromatic N) is 7. The Hall–Kier alpha value is -1.99. The molecule has 2 aromatic rings. The average molecular weight is 194 g/mol. The van der Waals surface area contributed by atoms with Crippen LogP contribution in [0.1, 0.15) is 6.42 Å². The molecular formula is C6H10N8. The highest BCUT2D eigenvalue weighted by Crippen LogP contribution is 1.96. The Morgan fingerprint density at radius 3 is 2.86 bits per heavy atom. The van der Waals surface area contributed by atoms with E-state index in [2.05, 4.69) is 25.8 Å². The van der Waals surface area contributed by atoms with Gasteiger partial charge in [0.25, 0.3) is 0 Å². The molecule has 74 valence electrons. The van der Waals surface area contributed by atoms with Crippen molar-refractivity contribution in [2.24, 2.45) is 0 Å². The van der Waals surface area contributed by atoms with Crippen LogP contribution >= 0.6 is 0 Å². The van der Waals surface area contributed by atoms with E-state index in [4.69, 9.17) is 5.73 Å². The van der Waals surface area contributed by atoms with E-state index in [1.54, 1.807) is 15.6 Å². The number of aromatic nitrogens is 7. The van der Waals surface area contributed by atoms with Gasteiger partial charge in [-0.2, -0.15) is 0 Å². The van der Waals surface area contributed by atoms with Gasteiger partial charge in [-0.3, -0.25) is 4.68 Å². The number of hydrogen-bond acceptors (Lipinski definition) is 6. The van der Waals surface area contributed by atoms with E-state index in [1.807, 2.05) is 6.20 Å². The molecule has 0 saturated carbocycles. The summed E-state index contributed by atoms with van der Waals surface area (Å²) in [5.41, 5.74) is 5.49. The molecule has 0 saturated heterocycles. The molecule has 8 heteroatoms. The van der Waals surface area contributed by atoms with Crippen molar-refractivity contribution in [3.8, 4) is 0 Å². The highest BCUT2D eigenvalue weighted by molar-refractivity contribution is 5.09. The Morgan fingerprint density at radius 2 is 2.21 bits per heavy atom. The zero-order valence-corrected chi connectivity index (χ0v) is 7.48. The van der Waals surface area contributed by atoms with Crippen molar-refractivity contribution >= 4 is 5.95 Å². The first-order chi connectivity index (χ1) is 6.86. The largest absolute Gasteiger partial charge is 0.367 e. The van der Waals surface area contributed by atoms with Crippen molar-refractivity contribution in [3.05, 3.63) is 12.4 Å². The van der Waals surface area contributed by atoms with Crippen LogP contribution in [0.25, 0.3) is 0 Å². The second-order valence-corrected chi connectivity index (χ2v) is 2.78. The molecule has 0 atom stereocenters. The second kappa shape index (κ2) is 3.81. The molecule has 0 aromatic carbocycles. The van der Waals surface area contributed by atoms with Gasteiger partial charge in [0.2, 0.25) is 5.95 Å². The third-order valence-corrected chi connectivity index (χ3v) is 1.79. The van der Waals surface area contributed by atoms with Gasteiger partial charge in [-0.25, -0.2) is 4.68 Å². The minimum absolute atomic E-state index is 0.337. The van der Waals surface area contributed by atoms with Crippen LogP contribution in [0.4, 0.5) is 5.95 Å². The lowest BCUT2D eigenvalue weighted by atomic mass is 10.4. The summed E-state index contributed by atoms with van der Waals surface area (Å²) >= 11 is 0. The van der Waals surface area contributed by atoms with Gasteiger partial charge in [0, 0.05) is 19.3 Å². The van der Waals surface area contributed by atoms with Gasteiger partial charge in [-0.05, 0) is 16.8 Å². The predicted octanol–water partition coefficient (Wildman–Crippen LogP) is -1.06. The molecule has 0 aliphatic heterocycles. The molecule has 0 spiro atoms. The van der Waals surface area contributed by atoms with Gasteiger partial charge < -0.3 is 5.73 Å². The number of rotatable bonds is 4. The number of tetrazole rings is 1. The van der Waals surface area contributed by atoms with E-state index >= 15 is 0 Å². The highest BCUT2D eigenvalue weighted by Gasteiger charge is 2.00. The third-order valence-electron chi connectivity index (χ3n) is 1.79. The highest BCUT2D eigenvalue weighted by atomic mass is 15.6. The van der Waals surface area contributed by atoms with Crippen LogP contribution in [0.2, 0.25) is 0 Å². The Kier molecular flexibility index (Phi) is 2.34. The van der Waals surface area contributed by atoms with Crippen LogP contribution in [0.15, 0.2) is 12.4 Å². The van der Waals surface area contributed by atoms with Crippen molar-refractivity contribution in [1.29, 1.82) is 0 Å². The minimum Gasteiger partial charge on any atom is -0.367 e. The lowest BCUT2D eigenvalue weighted by molar-refractivity contribution is 0.488. The zero-order valence-electron chi connectivity index (χ0n) is 7.48. The summed E-state index contributed by atoms with van der Waals surface area (Å²) in [6.07, 6.45) is 4.31. The van der Waals surface area contributed by atoms with Gasteiger partial charge in [0.1, 0.15) is 0 Å². The molecule has 0 radical (unpaired) electrons. The summed E-state index contributed by atoms with van der Waals surface area (Å²) in [6, 6.07) is 0. The van der Waals surface area contributed by atoms with Crippen molar-refractivity contribution in [2.45, 2.75) is 19.5 Å². The summed E-state index contributed by atoms with van der Waals surface area (Å²) in [5, 5.41) is 18.3. The van der Waals surface area contributed by atoms with E-state index in [0.29, 0.717) is 12.5 Å². The quantitative estimate of drug-likeness (QED) is 0.665. The second-order valence-electron chi connectivity index (χ2n) is 2.78. The lowest BCUT2D eigenvalue weighted by Gasteiger charge is -2.00. The Morgan fingerprint density at radius 1 is 1.29 bits per heavy atom. The zero-order chi connectivity index (χ0) is 9.80. The van der Waals surface area contributed by atoms with Crippen molar-refractivity contribution in [3.63, 3.8) is 0 Å². The minimum atomic E-state index is 0.337. The van der Waals surface area contributed by atoms with Gasteiger partial charge in [-0.1, -0.05) is 10.3 Å². The maximum absolute atomic E-state index is 5.49. The summed E-state index contributed by atoms with van der Waals surface area (Å²) in [4.78, 5) is 0. The predicted molar refractivity (Wildman–Crippen MR) is 46.9 cm³/mol. The van der Waals surface area contributed by atoms with Crippen LogP contribution in [-0.2, 0) is 13.1 Å². The monoisotopic (exact) mass is 194 g/mol. The summed E-state index contributed by atoms with van der Waals surface area (Å²) < 4.78 is 3.30. The number of nitrogens with two attached hydrogens (primary N) is 1. The fraction of sp³-hybridized carbons (Fsp3) is 0.500. The molecule has 0 aliphatic carbocycles. The number of anilines is 1. The molecule has 0 aliphatic rings. The van der Waals surface area contributed by atoms with E-state index < -0.39 is 0 Å². The molecule has 2 aromatic heterocycles. The lowest BCUT2D eigenvalue weighted by Crippen LogP contribution is -2.08. The summed E-state index contributed by atoms with van der Waals surface area (Å²) in [5.74, 6) is 0.337. The van der Waals surface area contributed by atoms with Gasteiger partial charge in [-0.15, -0.1) is 5.10 Å². The van der Waals surface area contributed by atoms with Crippen LogP contribution in [0.3, 0.4) is 0 Å².